The van der Waals surface area contributed by atoms with Gasteiger partial charge in [-0.25, -0.2) is 9.18 Å². The number of fused-ring (bicyclic) bond motifs is 1. The maximum absolute atomic E-state index is 13.6. The van der Waals surface area contributed by atoms with Crippen LogP contribution in [0.5, 0.6) is 0 Å². The molecule has 0 radical (unpaired) electrons. The third kappa shape index (κ3) is 1.66. The zero-order valence-electron chi connectivity index (χ0n) is 10.3. The van der Waals surface area contributed by atoms with Gasteiger partial charge in [0.1, 0.15) is 11.3 Å². The number of likely N-dealkylation sites (tertiary alicyclic amines) is 1. The molecule has 0 spiro atoms. The molecule has 0 saturated carbocycles. The summed E-state index contributed by atoms with van der Waals surface area (Å²) in [7, 11) is 0. The quantitative estimate of drug-likeness (QED) is 0.880. The molecule has 1 aromatic carbocycles. The number of nitrogens with one attached hydrogen (secondary N) is 1. The van der Waals surface area contributed by atoms with Gasteiger partial charge in [-0.05, 0) is 25.1 Å². The first-order chi connectivity index (χ1) is 8.70. The second-order valence-electron chi connectivity index (χ2n) is 4.77. The Balaban J connectivity index is 2.10. The van der Waals surface area contributed by atoms with E-state index in [2.05, 4.69) is 16.8 Å². The van der Waals surface area contributed by atoms with E-state index in [4.69, 9.17) is 0 Å². The number of imidazole rings is 1. The van der Waals surface area contributed by atoms with Crippen molar-refractivity contribution in [3.05, 3.63) is 34.5 Å². The minimum absolute atomic E-state index is 0.146. The van der Waals surface area contributed by atoms with Crippen molar-refractivity contribution in [2.24, 2.45) is 0 Å². The summed E-state index contributed by atoms with van der Waals surface area (Å²) in [5.74, 6) is -0.367. The molecule has 4 nitrogen and oxygen atoms in total. The molecular weight excluding hydrogens is 233 g/mol. The summed E-state index contributed by atoms with van der Waals surface area (Å²) in [5.41, 5.74) is 0.776. The molecule has 0 amide bonds. The van der Waals surface area contributed by atoms with E-state index < -0.39 is 0 Å². The normalized spacial score (nSPS) is 20.9. The fourth-order valence-corrected chi connectivity index (χ4v) is 2.79. The number of para-hydroxylation sites is 1. The summed E-state index contributed by atoms with van der Waals surface area (Å²) in [6.45, 7) is 4.96. The van der Waals surface area contributed by atoms with Gasteiger partial charge in [0.15, 0.2) is 0 Å². The standard InChI is InChI=1S/C13H16FN3O/c1-2-16-7-6-9(8-16)17-11-5-3-4-10(14)12(11)15-13(17)18/h3-5,9H,2,6-8H2,1H3,(H,15,18). The van der Waals surface area contributed by atoms with Crippen molar-refractivity contribution in [1.29, 1.82) is 0 Å². The van der Waals surface area contributed by atoms with Crippen molar-refractivity contribution in [2.45, 2.75) is 19.4 Å². The Labute approximate surface area is 104 Å². The second kappa shape index (κ2) is 4.24. The van der Waals surface area contributed by atoms with Crippen molar-refractivity contribution in [2.75, 3.05) is 19.6 Å². The van der Waals surface area contributed by atoms with Gasteiger partial charge in [0.2, 0.25) is 0 Å². The van der Waals surface area contributed by atoms with Gasteiger partial charge in [0, 0.05) is 13.1 Å². The minimum Gasteiger partial charge on any atom is -0.303 e. The van der Waals surface area contributed by atoms with Crippen LogP contribution in [0.3, 0.4) is 0 Å². The van der Waals surface area contributed by atoms with Crippen LogP contribution >= 0.6 is 0 Å². The average Bonchev–Trinajstić information content (AvgIpc) is 2.93. The molecule has 0 aliphatic carbocycles. The fourth-order valence-electron chi connectivity index (χ4n) is 2.79. The number of H-pyrrole nitrogens is 1. The van der Waals surface area contributed by atoms with Gasteiger partial charge in [-0.15, -0.1) is 0 Å². The Morgan fingerprint density at radius 2 is 2.33 bits per heavy atom. The maximum atomic E-state index is 13.6. The van der Waals surface area contributed by atoms with E-state index in [1.54, 1.807) is 16.7 Å². The molecule has 1 aromatic heterocycles. The monoisotopic (exact) mass is 249 g/mol. The van der Waals surface area contributed by atoms with Gasteiger partial charge in [-0.2, -0.15) is 0 Å². The zero-order chi connectivity index (χ0) is 12.7. The highest BCUT2D eigenvalue weighted by Gasteiger charge is 2.25. The molecule has 1 fully saturated rings. The van der Waals surface area contributed by atoms with E-state index in [0.717, 1.165) is 26.1 Å². The van der Waals surface area contributed by atoms with E-state index in [1.165, 1.54) is 6.07 Å². The number of likely N-dealkylation sites (N-methyl/N-ethyl adjacent to an activating group) is 1. The van der Waals surface area contributed by atoms with Crippen LogP contribution in [0.15, 0.2) is 23.0 Å². The average molecular weight is 249 g/mol. The molecule has 1 N–H and O–H groups in total. The molecule has 18 heavy (non-hydrogen) atoms. The van der Waals surface area contributed by atoms with Gasteiger partial charge in [-0.1, -0.05) is 13.0 Å². The number of benzene rings is 1. The molecule has 1 aliphatic heterocycles. The Morgan fingerprint density at radius 3 is 3.06 bits per heavy atom. The van der Waals surface area contributed by atoms with Crippen LogP contribution in [-0.4, -0.2) is 34.1 Å². The van der Waals surface area contributed by atoms with Crippen molar-refractivity contribution in [1.82, 2.24) is 14.5 Å². The number of nitrogens with zero attached hydrogens (tertiary/aromatic N) is 2. The lowest BCUT2D eigenvalue weighted by molar-refractivity contribution is 0.341. The predicted octanol–water partition coefficient (Wildman–Crippen LogP) is 1.74. The molecule has 2 aromatic rings. The van der Waals surface area contributed by atoms with E-state index in [9.17, 15) is 9.18 Å². The van der Waals surface area contributed by atoms with Gasteiger partial charge in [-0.3, -0.25) is 4.57 Å². The Hall–Kier alpha value is -1.62. The number of halogens is 1. The first kappa shape index (κ1) is 11.5. The molecule has 1 aliphatic rings. The highest BCUT2D eigenvalue weighted by molar-refractivity contribution is 5.75. The van der Waals surface area contributed by atoms with Gasteiger partial charge in [0.05, 0.1) is 11.6 Å². The molecule has 1 unspecified atom stereocenters. The molecule has 96 valence electrons. The largest absolute Gasteiger partial charge is 0.326 e. The molecule has 0 bridgehead atoms. The van der Waals surface area contributed by atoms with Crippen LogP contribution < -0.4 is 5.69 Å². The lowest BCUT2D eigenvalue weighted by Gasteiger charge is -2.14. The zero-order valence-corrected chi connectivity index (χ0v) is 10.3. The lowest BCUT2D eigenvalue weighted by atomic mass is 10.2. The summed E-state index contributed by atoms with van der Waals surface area (Å²) in [5, 5.41) is 0. The van der Waals surface area contributed by atoms with Crippen molar-refractivity contribution in [3.63, 3.8) is 0 Å². The summed E-state index contributed by atoms with van der Waals surface area (Å²) >= 11 is 0. The topological polar surface area (TPSA) is 41.0 Å². The van der Waals surface area contributed by atoms with E-state index in [1.807, 2.05) is 0 Å². The second-order valence-corrected chi connectivity index (χ2v) is 4.77. The third-order valence-electron chi connectivity index (χ3n) is 3.76. The minimum atomic E-state index is -0.367. The van der Waals surface area contributed by atoms with Gasteiger partial charge in [0.25, 0.3) is 0 Å². The van der Waals surface area contributed by atoms with Crippen LogP contribution in [0.2, 0.25) is 0 Å². The Morgan fingerprint density at radius 1 is 1.50 bits per heavy atom. The van der Waals surface area contributed by atoms with E-state index >= 15 is 0 Å². The highest BCUT2D eigenvalue weighted by atomic mass is 19.1. The molecular formula is C13H16FN3O. The third-order valence-corrected chi connectivity index (χ3v) is 3.76. The SMILES string of the molecule is CCN1CCC(n2c(=O)[nH]c3c(F)cccc32)C1. The Bertz CT molecular complexity index is 631. The van der Waals surface area contributed by atoms with Crippen LogP contribution in [0.4, 0.5) is 4.39 Å². The molecule has 5 heteroatoms. The first-order valence-corrected chi connectivity index (χ1v) is 6.31. The van der Waals surface area contributed by atoms with Crippen molar-refractivity contribution < 1.29 is 4.39 Å². The van der Waals surface area contributed by atoms with Crippen LogP contribution in [0.25, 0.3) is 11.0 Å². The van der Waals surface area contributed by atoms with Crippen LogP contribution in [0, 0.1) is 5.82 Å². The van der Waals surface area contributed by atoms with Crippen molar-refractivity contribution in [3.8, 4) is 0 Å². The summed E-state index contributed by atoms with van der Waals surface area (Å²) in [6, 6.07) is 4.96. The number of hydrogen-bond acceptors (Lipinski definition) is 2. The van der Waals surface area contributed by atoms with E-state index in [-0.39, 0.29) is 17.5 Å². The smallest absolute Gasteiger partial charge is 0.303 e. The van der Waals surface area contributed by atoms with Crippen LogP contribution in [-0.2, 0) is 0 Å². The fraction of sp³-hybridized carbons (Fsp3) is 0.462. The molecule has 3 rings (SSSR count). The highest BCUT2D eigenvalue weighted by Crippen LogP contribution is 2.24. The van der Waals surface area contributed by atoms with Crippen molar-refractivity contribution >= 4 is 11.0 Å². The maximum Gasteiger partial charge on any atom is 0.326 e. The summed E-state index contributed by atoms with van der Waals surface area (Å²) in [6.07, 6.45) is 0.942. The van der Waals surface area contributed by atoms with E-state index in [0.29, 0.717) is 11.0 Å². The number of aromatic nitrogens is 2. The van der Waals surface area contributed by atoms with Crippen LogP contribution in [0.1, 0.15) is 19.4 Å². The number of aromatic amines is 1. The van der Waals surface area contributed by atoms with Gasteiger partial charge >= 0.3 is 5.69 Å². The van der Waals surface area contributed by atoms with Gasteiger partial charge < -0.3 is 9.88 Å². The first-order valence-electron chi connectivity index (χ1n) is 6.31. The molecule has 1 atom stereocenters. The predicted molar refractivity (Wildman–Crippen MR) is 68.3 cm³/mol. The summed E-state index contributed by atoms with van der Waals surface area (Å²) < 4.78 is 15.3. The molecule has 2 heterocycles. The summed E-state index contributed by atoms with van der Waals surface area (Å²) in [4.78, 5) is 16.9. The lowest BCUT2D eigenvalue weighted by Crippen LogP contribution is -2.26. The number of rotatable bonds is 2. The number of hydrogen-bond donors (Lipinski definition) is 1. The molecule has 1 saturated heterocycles. The Kier molecular flexibility index (Phi) is 2.70.